The molecule has 2 N–H and O–H groups in total. The second-order valence-corrected chi connectivity index (χ2v) is 5.61. The van der Waals surface area contributed by atoms with Gasteiger partial charge in [0.15, 0.2) is 5.65 Å². The molecule has 1 aromatic carbocycles. The first kappa shape index (κ1) is 16.0. The maximum Gasteiger partial charge on any atom is 0.221 e. The molecule has 24 heavy (non-hydrogen) atoms. The van der Waals surface area contributed by atoms with Crippen LogP contribution in [0.5, 0.6) is 0 Å². The van der Waals surface area contributed by atoms with Gasteiger partial charge in [0.1, 0.15) is 11.5 Å². The Balaban J connectivity index is 1.90. The van der Waals surface area contributed by atoms with Gasteiger partial charge in [-0.05, 0) is 13.8 Å². The maximum absolute atomic E-state index is 11.6. The normalized spacial score (nSPS) is 10.8. The highest BCUT2D eigenvalue weighted by atomic mass is 16.1. The second kappa shape index (κ2) is 7.12. The molecule has 3 rings (SSSR count). The minimum absolute atomic E-state index is 0.0392. The monoisotopic (exact) mass is 323 g/mol. The van der Waals surface area contributed by atoms with E-state index in [0.29, 0.717) is 19.5 Å². The molecule has 3 aromatic rings. The Hall–Kier alpha value is -2.89. The summed E-state index contributed by atoms with van der Waals surface area (Å²) in [5.74, 6) is 0.915. The van der Waals surface area contributed by atoms with E-state index in [1.165, 1.54) is 5.56 Å². The van der Waals surface area contributed by atoms with E-state index in [2.05, 4.69) is 51.8 Å². The third-order valence-electron chi connectivity index (χ3n) is 3.77. The lowest BCUT2D eigenvalue weighted by Crippen LogP contribution is -2.25. The number of hydrogen-bond donors (Lipinski definition) is 2. The van der Waals surface area contributed by atoms with Gasteiger partial charge in [-0.1, -0.05) is 29.8 Å². The highest BCUT2D eigenvalue weighted by Crippen LogP contribution is 2.28. The van der Waals surface area contributed by atoms with Crippen molar-refractivity contribution < 1.29 is 4.79 Å². The van der Waals surface area contributed by atoms with Crippen molar-refractivity contribution >= 4 is 17.4 Å². The fourth-order valence-electron chi connectivity index (χ4n) is 2.57. The van der Waals surface area contributed by atoms with Crippen molar-refractivity contribution in [2.24, 2.45) is 0 Å². The number of carbonyl (C=O) groups is 1. The number of aryl methyl sites for hydroxylation is 1. The highest BCUT2D eigenvalue weighted by Gasteiger charge is 2.14. The van der Waals surface area contributed by atoms with Crippen molar-refractivity contribution in [3.05, 3.63) is 48.4 Å². The van der Waals surface area contributed by atoms with Gasteiger partial charge in [-0.25, -0.2) is 4.98 Å². The van der Waals surface area contributed by atoms with Crippen LogP contribution < -0.4 is 10.6 Å². The topological polar surface area (TPSA) is 71.3 Å². The number of anilines is 1. The molecule has 0 saturated heterocycles. The number of nitrogens with one attached hydrogen (secondary N) is 2. The molecule has 0 aliphatic carbocycles. The van der Waals surface area contributed by atoms with Gasteiger partial charge in [0, 0.05) is 37.5 Å². The largest absolute Gasteiger partial charge is 0.369 e. The van der Waals surface area contributed by atoms with Gasteiger partial charge in [0.2, 0.25) is 5.91 Å². The zero-order valence-corrected chi connectivity index (χ0v) is 13.9. The first-order chi connectivity index (χ1) is 11.7. The predicted molar refractivity (Wildman–Crippen MR) is 95.0 cm³/mol. The standard InChI is InChI=1S/C18H21N5O/c1-3-20-16(24)8-9-21-18-17(14-6-4-13(2)5-7-14)22-15-12-19-10-11-23(15)18/h4-7,10-12,21H,3,8-9H2,1-2H3,(H,20,24). The van der Waals surface area contributed by atoms with E-state index in [-0.39, 0.29) is 5.91 Å². The molecule has 2 heterocycles. The van der Waals surface area contributed by atoms with Crippen LogP contribution in [-0.4, -0.2) is 33.4 Å². The van der Waals surface area contributed by atoms with Crippen LogP contribution in [0.4, 0.5) is 5.82 Å². The lowest BCUT2D eigenvalue weighted by molar-refractivity contribution is -0.120. The van der Waals surface area contributed by atoms with E-state index in [1.807, 2.05) is 17.5 Å². The van der Waals surface area contributed by atoms with E-state index >= 15 is 0 Å². The molecule has 0 spiro atoms. The SMILES string of the molecule is CCNC(=O)CCNc1c(-c2ccc(C)cc2)nc2cnccn12. The number of carbonyl (C=O) groups excluding carboxylic acids is 1. The minimum atomic E-state index is 0.0392. The lowest BCUT2D eigenvalue weighted by Gasteiger charge is -2.09. The number of rotatable bonds is 6. The van der Waals surface area contributed by atoms with Gasteiger partial charge in [-0.15, -0.1) is 0 Å². The van der Waals surface area contributed by atoms with Crippen LogP contribution in [0.3, 0.4) is 0 Å². The van der Waals surface area contributed by atoms with Gasteiger partial charge in [0.05, 0.1) is 6.20 Å². The Bertz CT molecular complexity index is 838. The van der Waals surface area contributed by atoms with Crippen LogP contribution in [-0.2, 0) is 4.79 Å². The van der Waals surface area contributed by atoms with E-state index < -0.39 is 0 Å². The van der Waals surface area contributed by atoms with Crippen molar-refractivity contribution in [2.45, 2.75) is 20.3 Å². The Kier molecular flexibility index (Phi) is 4.74. The summed E-state index contributed by atoms with van der Waals surface area (Å²) in [6, 6.07) is 8.24. The molecule has 0 aliphatic rings. The van der Waals surface area contributed by atoms with Gasteiger partial charge in [-0.3, -0.25) is 14.2 Å². The van der Waals surface area contributed by atoms with Crippen LogP contribution in [0.25, 0.3) is 16.9 Å². The third-order valence-corrected chi connectivity index (χ3v) is 3.77. The molecule has 0 radical (unpaired) electrons. The van der Waals surface area contributed by atoms with Crippen molar-refractivity contribution in [3.8, 4) is 11.3 Å². The molecule has 1 amide bonds. The van der Waals surface area contributed by atoms with Crippen LogP contribution in [0.2, 0.25) is 0 Å². The molecule has 0 bridgehead atoms. The highest BCUT2D eigenvalue weighted by molar-refractivity contribution is 5.78. The Labute approximate surface area is 140 Å². The first-order valence-corrected chi connectivity index (χ1v) is 8.08. The predicted octanol–water partition coefficient (Wildman–Crippen LogP) is 2.64. The average Bonchev–Trinajstić information content (AvgIpc) is 2.95. The lowest BCUT2D eigenvalue weighted by atomic mass is 10.1. The molecule has 6 heteroatoms. The molecule has 0 saturated carbocycles. The van der Waals surface area contributed by atoms with E-state index in [1.54, 1.807) is 12.4 Å². The summed E-state index contributed by atoms with van der Waals surface area (Å²) in [6.45, 7) is 5.16. The summed E-state index contributed by atoms with van der Waals surface area (Å²) in [6.07, 6.45) is 5.74. The number of hydrogen-bond acceptors (Lipinski definition) is 4. The summed E-state index contributed by atoms with van der Waals surface area (Å²) >= 11 is 0. The van der Waals surface area contributed by atoms with E-state index in [9.17, 15) is 4.79 Å². The molecule has 0 unspecified atom stereocenters. The summed E-state index contributed by atoms with van der Waals surface area (Å²) < 4.78 is 1.96. The summed E-state index contributed by atoms with van der Waals surface area (Å²) in [7, 11) is 0. The van der Waals surface area contributed by atoms with Crippen LogP contribution in [0.15, 0.2) is 42.9 Å². The quantitative estimate of drug-likeness (QED) is 0.731. The van der Waals surface area contributed by atoms with Crippen molar-refractivity contribution in [2.75, 3.05) is 18.4 Å². The van der Waals surface area contributed by atoms with Crippen molar-refractivity contribution in [1.29, 1.82) is 0 Å². The van der Waals surface area contributed by atoms with Gasteiger partial charge >= 0.3 is 0 Å². The van der Waals surface area contributed by atoms with E-state index in [4.69, 9.17) is 0 Å². The van der Waals surface area contributed by atoms with Crippen molar-refractivity contribution in [1.82, 2.24) is 19.7 Å². The van der Waals surface area contributed by atoms with Crippen LogP contribution >= 0.6 is 0 Å². The molecule has 124 valence electrons. The fraction of sp³-hybridized carbons (Fsp3) is 0.278. The average molecular weight is 323 g/mol. The number of amides is 1. The first-order valence-electron chi connectivity index (χ1n) is 8.08. The Morgan fingerprint density at radius 1 is 1.25 bits per heavy atom. The minimum Gasteiger partial charge on any atom is -0.369 e. The number of benzene rings is 1. The zero-order valence-electron chi connectivity index (χ0n) is 13.9. The molecule has 6 nitrogen and oxygen atoms in total. The molecule has 2 aromatic heterocycles. The molecule has 0 atom stereocenters. The van der Waals surface area contributed by atoms with Crippen LogP contribution in [0, 0.1) is 6.92 Å². The zero-order chi connectivity index (χ0) is 16.9. The fourth-order valence-corrected chi connectivity index (χ4v) is 2.57. The van der Waals surface area contributed by atoms with Gasteiger partial charge in [-0.2, -0.15) is 0 Å². The van der Waals surface area contributed by atoms with Gasteiger partial charge < -0.3 is 10.6 Å². The summed E-state index contributed by atoms with van der Waals surface area (Å²) in [5.41, 5.74) is 3.87. The molecule has 0 fully saturated rings. The number of aromatic nitrogens is 3. The number of nitrogens with zero attached hydrogens (tertiary/aromatic N) is 3. The molecule has 0 aliphatic heterocycles. The van der Waals surface area contributed by atoms with Crippen LogP contribution in [0.1, 0.15) is 18.9 Å². The Morgan fingerprint density at radius 2 is 2.04 bits per heavy atom. The van der Waals surface area contributed by atoms with Gasteiger partial charge in [0.25, 0.3) is 0 Å². The Morgan fingerprint density at radius 3 is 2.79 bits per heavy atom. The number of imidazole rings is 1. The summed E-state index contributed by atoms with van der Waals surface area (Å²) in [5, 5.41) is 6.15. The maximum atomic E-state index is 11.6. The molecular formula is C18H21N5O. The molecular weight excluding hydrogens is 302 g/mol. The smallest absolute Gasteiger partial charge is 0.221 e. The van der Waals surface area contributed by atoms with Crippen molar-refractivity contribution in [3.63, 3.8) is 0 Å². The number of fused-ring (bicyclic) bond motifs is 1. The third kappa shape index (κ3) is 3.37. The second-order valence-electron chi connectivity index (χ2n) is 5.61. The van der Waals surface area contributed by atoms with E-state index in [0.717, 1.165) is 22.7 Å². The summed E-state index contributed by atoms with van der Waals surface area (Å²) in [4.78, 5) is 20.5.